The Balaban J connectivity index is 1.71. The molecule has 168 valence electrons. The summed E-state index contributed by atoms with van der Waals surface area (Å²) >= 11 is 5.91. The number of rotatable bonds is 4. The lowest BCUT2D eigenvalue weighted by atomic mass is 10.0. The summed E-state index contributed by atoms with van der Waals surface area (Å²) in [5.74, 6) is -0.409. The van der Waals surface area contributed by atoms with Crippen LogP contribution >= 0.6 is 11.6 Å². The van der Waals surface area contributed by atoms with Gasteiger partial charge in [0.05, 0.1) is 30.6 Å². The number of nitrogens with two attached hydrogens (primary N) is 1. The zero-order chi connectivity index (χ0) is 22.9. The Bertz CT molecular complexity index is 1320. The van der Waals surface area contributed by atoms with Crippen LogP contribution < -0.4 is 19.9 Å². The Hall–Kier alpha value is -3.22. The maximum absolute atomic E-state index is 14.9. The van der Waals surface area contributed by atoms with Gasteiger partial charge >= 0.3 is 6.03 Å². The number of halogens is 2. The van der Waals surface area contributed by atoms with Crippen molar-refractivity contribution in [3.8, 4) is 22.9 Å². The number of pyridine rings is 1. The molecule has 2 aromatic heterocycles. The molecule has 1 aliphatic rings. The van der Waals surface area contributed by atoms with Crippen LogP contribution in [0.3, 0.4) is 0 Å². The number of benzene rings is 1. The number of ether oxygens (including phenoxy) is 2. The smallest absolute Gasteiger partial charge is 0.354 e. The van der Waals surface area contributed by atoms with E-state index < -0.39 is 21.8 Å². The van der Waals surface area contributed by atoms with E-state index in [4.69, 9.17) is 26.2 Å². The van der Waals surface area contributed by atoms with Crippen LogP contribution in [0.1, 0.15) is 6.42 Å². The number of carbonyl (C=O) groups is 1. The van der Waals surface area contributed by atoms with Crippen LogP contribution in [0.15, 0.2) is 45.9 Å². The van der Waals surface area contributed by atoms with Gasteiger partial charge in [-0.25, -0.2) is 28.2 Å². The van der Waals surface area contributed by atoms with Gasteiger partial charge in [0.25, 0.3) is 0 Å². The highest BCUT2D eigenvalue weighted by molar-refractivity contribution is 7.91. The van der Waals surface area contributed by atoms with Gasteiger partial charge in [0.1, 0.15) is 4.90 Å². The minimum atomic E-state index is -3.72. The summed E-state index contributed by atoms with van der Waals surface area (Å²) in [6.45, 7) is 0.955. The molecule has 13 heteroatoms. The topological polar surface area (TPSA) is 134 Å². The minimum absolute atomic E-state index is 0.0157. The van der Waals surface area contributed by atoms with E-state index in [1.165, 1.54) is 36.3 Å². The van der Waals surface area contributed by atoms with Crippen molar-refractivity contribution in [2.45, 2.75) is 17.9 Å². The first-order chi connectivity index (χ1) is 15.3. The Morgan fingerprint density at radius 1 is 1.44 bits per heavy atom. The molecule has 0 aliphatic carbocycles. The number of fused-ring (bicyclic) bond motifs is 1. The van der Waals surface area contributed by atoms with Crippen molar-refractivity contribution in [3.63, 3.8) is 0 Å². The Morgan fingerprint density at radius 3 is 3.03 bits per heavy atom. The third-order valence-corrected chi connectivity index (χ3v) is 6.27. The summed E-state index contributed by atoms with van der Waals surface area (Å²) in [6, 6.07) is 4.88. The molecular weight excluding hydrogens is 463 g/mol. The second kappa shape index (κ2) is 8.73. The van der Waals surface area contributed by atoms with Crippen LogP contribution in [0, 0.1) is 5.82 Å². The molecule has 0 bridgehead atoms. The molecule has 10 nitrogen and oxygen atoms in total. The van der Waals surface area contributed by atoms with E-state index in [0.717, 1.165) is 6.42 Å². The number of aromatic nitrogens is 3. The summed E-state index contributed by atoms with van der Waals surface area (Å²) in [4.78, 5) is 16.6. The molecule has 3 N–H and O–H groups in total. The van der Waals surface area contributed by atoms with Gasteiger partial charge in [0, 0.05) is 30.8 Å². The Kier molecular flexibility index (Phi) is 6.00. The molecule has 1 aliphatic heterocycles. The number of nitrogens with zero attached hydrogens (tertiary/aromatic N) is 4. The summed E-state index contributed by atoms with van der Waals surface area (Å²) in [7, 11) is -2.28. The van der Waals surface area contributed by atoms with Crippen molar-refractivity contribution in [3.05, 3.63) is 47.5 Å². The van der Waals surface area contributed by atoms with Gasteiger partial charge < -0.3 is 14.8 Å². The number of carbonyl (C=O) groups excluding carboxylic acids is 1. The summed E-state index contributed by atoms with van der Waals surface area (Å²) in [5, 5.41) is 12.0. The highest BCUT2D eigenvalue weighted by Gasteiger charge is 2.24. The fourth-order valence-electron chi connectivity index (χ4n) is 3.15. The lowest BCUT2D eigenvalue weighted by Gasteiger charge is -2.16. The summed E-state index contributed by atoms with van der Waals surface area (Å²) < 4.78 is 43.5. The monoisotopic (exact) mass is 480 g/mol. The van der Waals surface area contributed by atoms with E-state index in [9.17, 15) is 13.4 Å². The second-order valence-electron chi connectivity index (χ2n) is 6.70. The van der Waals surface area contributed by atoms with Crippen LogP contribution in [0.4, 0.5) is 14.9 Å². The third kappa shape index (κ3) is 4.24. The molecule has 0 spiro atoms. The van der Waals surface area contributed by atoms with Crippen LogP contribution in [-0.4, -0.2) is 38.7 Å². The third-order valence-electron chi connectivity index (χ3n) is 4.63. The van der Waals surface area contributed by atoms with E-state index in [2.05, 4.69) is 19.8 Å². The number of hydrogen-bond donors (Lipinski definition) is 2. The molecule has 1 atom stereocenters. The number of anilines is 1. The normalized spacial score (nSPS) is 14.6. The van der Waals surface area contributed by atoms with Crippen molar-refractivity contribution in [2.24, 2.45) is 9.50 Å². The largest absolute Gasteiger partial charge is 0.481 e. The molecule has 4 rings (SSSR count). The van der Waals surface area contributed by atoms with E-state index in [-0.39, 0.29) is 32.9 Å². The zero-order valence-corrected chi connectivity index (χ0v) is 18.3. The average molecular weight is 481 g/mol. The Morgan fingerprint density at radius 2 is 2.25 bits per heavy atom. The van der Waals surface area contributed by atoms with E-state index >= 15 is 0 Å². The molecule has 0 unspecified atom stereocenters. The SMILES string of the molecule is COc1cc(-c2ccc(Cl)c(F)c2NC(=O)N=[S@](N)(=O)c2cnn3c2OCCC3)ccn1. The Labute approximate surface area is 187 Å². The van der Waals surface area contributed by atoms with E-state index in [0.29, 0.717) is 18.7 Å². The average Bonchev–Trinajstić information content (AvgIpc) is 3.22. The van der Waals surface area contributed by atoms with Gasteiger partial charge in [-0.2, -0.15) is 5.10 Å². The molecule has 0 fully saturated rings. The first-order valence-corrected chi connectivity index (χ1v) is 11.3. The lowest BCUT2D eigenvalue weighted by molar-refractivity contribution is 0.224. The van der Waals surface area contributed by atoms with Gasteiger partial charge in [0.15, 0.2) is 15.7 Å². The van der Waals surface area contributed by atoms with Gasteiger partial charge in [-0.3, -0.25) is 0 Å². The minimum Gasteiger partial charge on any atom is -0.481 e. The predicted molar refractivity (Wildman–Crippen MR) is 116 cm³/mol. The number of methoxy groups -OCH3 is 1. The van der Waals surface area contributed by atoms with Gasteiger partial charge in [0.2, 0.25) is 11.8 Å². The number of nitrogens with one attached hydrogen (secondary N) is 1. The standard InChI is InChI=1S/C19H18ClFN6O4S/c1-30-15-9-11(5-6-23-15)12-3-4-13(20)16(21)17(12)25-19(28)26-32(22,29)14-10-24-27-7-2-8-31-18(14)27/h3-6,9-10H,2,7-8H2,1H3,(H3,22,25,26,28,29)/t32-/m0/s1. The second-order valence-corrected chi connectivity index (χ2v) is 8.87. The number of hydrogen-bond acceptors (Lipinski definition) is 6. The van der Waals surface area contributed by atoms with Crippen molar-refractivity contribution in [1.29, 1.82) is 0 Å². The van der Waals surface area contributed by atoms with Gasteiger partial charge in [-0.1, -0.05) is 17.7 Å². The van der Waals surface area contributed by atoms with Crippen molar-refractivity contribution < 1.29 is 22.9 Å². The quantitative estimate of drug-likeness (QED) is 0.587. The van der Waals surface area contributed by atoms with Gasteiger partial charge in [-0.15, -0.1) is 4.36 Å². The molecule has 0 saturated carbocycles. The molecular formula is C19H18ClFN6O4S. The van der Waals surface area contributed by atoms with E-state index in [1.807, 2.05) is 0 Å². The first-order valence-electron chi connectivity index (χ1n) is 9.33. The van der Waals surface area contributed by atoms with Crippen molar-refractivity contribution in [1.82, 2.24) is 14.8 Å². The molecule has 0 saturated heterocycles. The molecule has 3 heterocycles. The summed E-state index contributed by atoms with van der Waals surface area (Å²) in [6.07, 6.45) is 3.44. The number of amides is 2. The number of urea groups is 1. The lowest BCUT2D eigenvalue weighted by Crippen LogP contribution is -2.21. The predicted octanol–water partition coefficient (Wildman–Crippen LogP) is 3.46. The summed E-state index contributed by atoms with van der Waals surface area (Å²) in [5.41, 5.74) is 0.518. The fourth-order valence-corrected chi connectivity index (χ4v) is 4.31. The molecule has 3 aromatic rings. The molecule has 0 radical (unpaired) electrons. The van der Waals surface area contributed by atoms with E-state index in [1.54, 1.807) is 12.1 Å². The highest BCUT2D eigenvalue weighted by Crippen LogP contribution is 2.35. The van der Waals surface area contributed by atoms with Crippen LogP contribution in [0.25, 0.3) is 11.1 Å². The van der Waals surface area contributed by atoms with Crippen LogP contribution in [0.5, 0.6) is 11.8 Å². The van der Waals surface area contributed by atoms with Crippen molar-refractivity contribution >= 4 is 33.2 Å². The number of aryl methyl sites for hydroxylation is 1. The molecule has 2 amide bonds. The first kappa shape index (κ1) is 22.0. The van der Waals surface area contributed by atoms with Crippen molar-refractivity contribution in [2.75, 3.05) is 19.0 Å². The molecule has 1 aromatic carbocycles. The zero-order valence-electron chi connectivity index (χ0n) is 16.7. The molecule has 32 heavy (non-hydrogen) atoms. The maximum Gasteiger partial charge on any atom is 0.354 e. The maximum atomic E-state index is 14.9. The van der Waals surface area contributed by atoms with Crippen LogP contribution in [-0.2, 0) is 16.5 Å². The highest BCUT2D eigenvalue weighted by atomic mass is 35.5. The fraction of sp³-hybridized carbons (Fsp3) is 0.211. The van der Waals surface area contributed by atoms with Gasteiger partial charge in [-0.05, 0) is 17.7 Å². The van der Waals surface area contributed by atoms with Crippen LogP contribution in [0.2, 0.25) is 5.02 Å².